The first-order valence-electron chi connectivity index (χ1n) is 10.6. The molecule has 32 heavy (non-hydrogen) atoms. The van der Waals surface area contributed by atoms with Crippen molar-refractivity contribution in [3.8, 4) is 17.2 Å². The van der Waals surface area contributed by atoms with Crippen LogP contribution in [0.15, 0.2) is 42.5 Å². The van der Waals surface area contributed by atoms with Crippen LogP contribution in [-0.2, 0) is 9.59 Å². The molecule has 2 aromatic carbocycles. The number of hydrogen-bond donors (Lipinski definition) is 1. The Balaban J connectivity index is 1.22. The van der Waals surface area contributed by atoms with Gasteiger partial charge in [-0.15, -0.1) is 0 Å². The predicted octanol–water partition coefficient (Wildman–Crippen LogP) is 2.66. The van der Waals surface area contributed by atoms with Crippen molar-refractivity contribution in [1.82, 2.24) is 9.80 Å². The van der Waals surface area contributed by atoms with E-state index >= 15 is 0 Å². The smallest absolute Gasteiger partial charge is 0.267 e. The number of carbonyl (C=O) groups is 2. The lowest BCUT2D eigenvalue weighted by molar-refractivity contribution is -0.143. The molecule has 2 aromatic rings. The SMILES string of the molecule is COc1ccc(Cl)cc1NC(=O)CCN1CCN(C(=O)[C@@H]2COc3ccccc3O2)CC1. The van der Waals surface area contributed by atoms with Gasteiger partial charge in [0, 0.05) is 44.2 Å². The summed E-state index contributed by atoms with van der Waals surface area (Å²) in [6.07, 6.45) is -0.296. The Morgan fingerprint density at radius 2 is 1.88 bits per heavy atom. The molecule has 0 radical (unpaired) electrons. The number of anilines is 1. The van der Waals surface area contributed by atoms with Crippen molar-refractivity contribution in [3.05, 3.63) is 47.5 Å². The molecule has 2 aliphatic rings. The summed E-state index contributed by atoms with van der Waals surface area (Å²) >= 11 is 6.01. The van der Waals surface area contributed by atoms with Crippen molar-refractivity contribution >= 4 is 29.1 Å². The number of nitrogens with one attached hydrogen (secondary N) is 1. The topological polar surface area (TPSA) is 80.3 Å². The minimum Gasteiger partial charge on any atom is -0.495 e. The van der Waals surface area contributed by atoms with Crippen LogP contribution in [0.25, 0.3) is 0 Å². The van der Waals surface area contributed by atoms with Gasteiger partial charge >= 0.3 is 0 Å². The van der Waals surface area contributed by atoms with Crippen molar-refractivity contribution < 1.29 is 23.8 Å². The van der Waals surface area contributed by atoms with Crippen molar-refractivity contribution in [2.75, 3.05) is 51.8 Å². The van der Waals surface area contributed by atoms with Gasteiger partial charge in [-0.05, 0) is 30.3 Å². The number of fused-ring (bicyclic) bond motifs is 1. The third-order valence-electron chi connectivity index (χ3n) is 5.56. The number of piperazine rings is 1. The van der Waals surface area contributed by atoms with Crippen LogP contribution < -0.4 is 19.5 Å². The maximum absolute atomic E-state index is 12.8. The van der Waals surface area contributed by atoms with Crippen molar-refractivity contribution in [3.63, 3.8) is 0 Å². The third-order valence-corrected chi connectivity index (χ3v) is 5.79. The summed E-state index contributed by atoms with van der Waals surface area (Å²) < 4.78 is 16.8. The second-order valence-corrected chi connectivity index (χ2v) is 8.11. The average Bonchev–Trinajstić information content (AvgIpc) is 2.82. The van der Waals surface area contributed by atoms with E-state index in [1.807, 2.05) is 18.2 Å². The van der Waals surface area contributed by atoms with Gasteiger partial charge < -0.3 is 24.4 Å². The van der Waals surface area contributed by atoms with Crippen molar-refractivity contribution in [1.29, 1.82) is 0 Å². The minimum absolute atomic E-state index is 0.0649. The van der Waals surface area contributed by atoms with E-state index in [2.05, 4.69) is 10.2 Å². The number of nitrogens with zero attached hydrogens (tertiary/aromatic N) is 2. The van der Waals surface area contributed by atoms with Crippen molar-refractivity contribution in [2.45, 2.75) is 12.5 Å². The van der Waals surface area contributed by atoms with Gasteiger partial charge in [0.15, 0.2) is 11.5 Å². The Hall–Kier alpha value is -2.97. The van der Waals surface area contributed by atoms with E-state index in [-0.39, 0.29) is 18.4 Å². The van der Waals surface area contributed by atoms with E-state index in [1.165, 1.54) is 0 Å². The number of benzene rings is 2. The molecule has 4 rings (SSSR count). The first-order valence-corrected chi connectivity index (χ1v) is 10.9. The summed E-state index contributed by atoms with van der Waals surface area (Å²) in [4.78, 5) is 29.2. The summed E-state index contributed by atoms with van der Waals surface area (Å²) in [6.45, 7) is 3.39. The molecule has 0 saturated carbocycles. The van der Waals surface area contributed by atoms with Gasteiger partial charge in [0.25, 0.3) is 5.91 Å². The number of ether oxygens (including phenoxy) is 3. The minimum atomic E-state index is -0.630. The fraction of sp³-hybridized carbons (Fsp3) is 0.391. The third kappa shape index (κ3) is 5.26. The van der Waals surface area contributed by atoms with E-state index in [9.17, 15) is 9.59 Å². The van der Waals surface area contributed by atoms with Crippen LogP contribution in [0, 0.1) is 0 Å². The molecule has 0 aromatic heterocycles. The highest BCUT2D eigenvalue weighted by Crippen LogP contribution is 2.31. The summed E-state index contributed by atoms with van der Waals surface area (Å²) in [5, 5.41) is 3.38. The van der Waals surface area contributed by atoms with E-state index in [0.29, 0.717) is 67.1 Å². The maximum Gasteiger partial charge on any atom is 0.267 e. The molecule has 8 nitrogen and oxygen atoms in total. The van der Waals surface area contributed by atoms with Gasteiger partial charge in [-0.2, -0.15) is 0 Å². The Kier molecular flexibility index (Phi) is 7.02. The zero-order chi connectivity index (χ0) is 22.5. The zero-order valence-corrected chi connectivity index (χ0v) is 18.6. The fourth-order valence-electron chi connectivity index (χ4n) is 3.79. The fourth-order valence-corrected chi connectivity index (χ4v) is 3.96. The van der Waals surface area contributed by atoms with Gasteiger partial charge in [0.1, 0.15) is 12.4 Å². The van der Waals surface area contributed by atoms with Crippen LogP contribution in [0.2, 0.25) is 5.02 Å². The molecule has 2 amide bonds. The second-order valence-electron chi connectivity index (χ2n) is 7.67. The Morgan fingerprint density at radius 3 is 2.62 bits per heavy atom. The first-order chi connectivity index (χ1) is 15.5. The maximum atomic E-state index is 12.8. The zero-order valence-electron chi connectivity index (χ0n) is 17.9. The Morgan fingerprint density at radius 1 is 1.12 bits per heavy atom. The molecule has 0 bridgehead atoms. The second kappa shape index (κ2) is 10.1. The first kappa shape index (κ1) is 22.2. The molecular formula is C23H26ClN3O5. The number of rotatable bonds is 6. The lowest BCUT2D eigenvalue weighted by atomic mass is 10.2. The molecule has 9 heteroatoms. The molecular weight excluding hydrogens is 434 g/mol. The van der Waals surface area contributed by atoms with Gasteiger partial charge in [0.05, 0.1) is 12.8 Å². The monoisotopic (exact) mass is 459 g/mol. The Bertz CT molecular complexity index is 978. The van der Waals surface area contributed by atoms with Crippen LogP contribution >= 0.6 is 11.6 Å². The standard InChI is InChI=1S/C23H26ClN3O5/c1-30-18-7-6-16(24)14-17(18)25-22(28)8-9-26-10-12-27(13-11-26)23(29)21-15-31-19-4-2-3-5-20(19)32-21/h2-7,14,21H,8-13,15H2,1H3,(H,25,28)/t21-/m0/s1. The van der Waals surface area contributed by atoms with Gasteiger partial charge in [-0.3, -0.25) is 14.5 Å². The largest absolute Gasteiger partial charge is 0.495 e. The number of halogens is 1. The molecule has 1 saturated heterocycles. The number of amides is 2. The molecule has 170 valence electrons. The van der Waals surface area contributed by atoms with Gasteiger partial charge in [0.2, 0.25) is 12.0 Å². The van der Waals surface area contributed by atoms with Crippen molar-refractivity contribution in [2.24, 2.45) is 0 Å². The normalized spacial score (nSPS) is 18.2. The van der Waals surface area contributed by atoms with Crippen LogP contribution in [0.3, 0.4) is 0 Å². The predicted molar refractivity (Wildman–Crippen MR) is 121 cm³/mol. The molecule has 1 N–H and O–H groups in total. The van der Waals surface area contributed by atoms with Gasteiger partial charge in [-0.25, -0.2) is 0 Å². The summed E-state index contributed by atoms with van der Waals surface area (Å²) in [5.41, 5.74) is 0.552. The Labute approximate surface area is 192 Å². The molecule has 1 atom stereocenters. The van der Waals surface area contributed by atoms with Crippen LogP contribution in [0.4, 0.5) is 5.69 Å². The highest BCUT2D eigenvalue weighted by molar-refractivity contribution is 6.31. The summed E-state index contributed by atoms with van der Waals surface area (Å²) in [6, 6.07) is 12.4. The van der Waals surface area contributed by atoms with Crippen LogP contribution in [-0.4, -0.2) is 74.2 Å². The molecule has 2 aliphatic heterocycles. The van der Waals surface area contributed by atoms with E-state index < -0.39 is 6.10 Å². The highest BCUT2D eigenvalue weighted by atomic mass is 35.5. The molecule has 0 spiro atoms. The summed E-state index contributed by atoms with van der Waals surface area (Å²) in [7, 11) is 1.54. The number of para-hydroxylation sites is 2. The van der Waals surface area contributed by atoms with Gasteiger partial charge in [-0.1, -0.05) is 23.7 Å². The number of hydrogen-bond acceptors (Lipinski definition) is 6. The number of methoxy groups -OCH3 is 1. The lowest BCUT2D eigenvalue weighted by Crippen LogP contribution is -2.54. The summed E-state index contributed by atoms with van der Waals surface area (Å²) in [5.74, 6) is 1.64. The van der Waals surface area contributed by atoms with E-state index in [0.717, 1.165) is 0 Å². The average molecular weight is 460 g/mol. The van der Waals surface area contributed by atoms with Crippen LogP contribution in [0.1, 0.15) is 6.42 Å². The molecule has 0 unspecified atom stereocenters. The molecule has 2 heterocycles. The number of carbonyl (C=O) groups excluding carboxylic acids is 2. The molecule has 1 fully saturated rings. The van der Waals surface area contributed by atoms with E-state index in [1.54, 1.807) is 36.3 Å². The highest BCUT2D eigenvalue weighted by Gasteiger charge is 2.32. The quantitative estimate of drug-likeness (QED) is 0.715. The molecule has 0 aliphatic carbocycles. The van der Waals surface area contributed by atoms with E-state index in [4.69, 9.17) is 25.8 Å². The van der Waals surface area contributed by atoms with Crippen LogP contribution in [0.5, 0.6) is 17.2 Å². The lowest BCUT2D eigenvalue weighted by Gasteiger charge is -2.37.